The molecule has 1 aliphatic carbocycles. The number of hydrogen-bond acceptors (Lipinski definition) is 4. The topological polar surface area (TPSA) is 56.4 Å². The molecule has 0 bridgehead atoms. The summed E-state index contributed by atoms with van der Waals surface area (Å²) in [5, 5.41) is 0. The Morgan fingerprint density at radius 2 is 2.00 bits per heavy atom. The molecule has 0 radical (unpaired) electrons. The van der Waals surface area contributed by atoms with E-state index in [4.69, 9.17) is 0 Å². The Labute approximate surface area is 165 Å². The lowest BCUT2D eigenvalue weighted by Crippen LogP contribution is -2.48. The normalized spacial score (nSPS) is 18.2. The Balaban J connectivity index is 1.42. The summed E-state index contributed by atoms with van der Waals surface area (Å²) >= 11 is 5.27. The summed E-state index contributed by atoms with van der Waals surface area (Å²) in [6.45, 7) is 6.03. The summed E-state index contributed by atoms with van der Waals surface area (Å²) in [5.74, 6) is 0.203. The number of piperazine rings is 1. The van der Waals surface area contributed by atoms with Gasteiger partial charge in [-0.3, -0.25) is 14.5 Å². The Morgan fingerprint density at radius 1 is 1.23 bits per heavy atom. The molecule has 0 atom stereocenters. The first-order valence-electron chi connectivity index (χ1n) is 9.03. The predicted molar refractivity (Wildman–Crippen MR) is 106 cm³/mol. The van der Waals surface area contributed by atoms with Crippen LogP contribution in [-0.2, 0) is 13.0 Å². The minimum absolute atomic E-state index is 0.0308. The quantitative estimate of drug-likeness (QED) is 0.800. The van der Waals surface area contributed by atoms with Crippen LogP contribution in [0.15, 0.2) is 15.9 Å². The van der Waals surface area contributed by atoms with Gasteiger partial charge < -0.3 is 9.88 Å². The number of nitrogens with zero attached hydrogens (tertiary/aromatic N) is 2. The van der Waals surface area contributed by atoms with Crippen LogP contribution in [0.25, 0.3) is 0 Å². The number of thiophene rings is 1. The zero-order chi connectivity index (χ0) is 18.3. The molecule has 3 heterocycles. The van der Waals surface area contributed by atoms with E-state index >= 15 is 0 Å². The van der Waals surface area contributed by atoms with E-state index in [2.05, 4.69) is 37.9 Å². The maximum absolute atomic E-state index is 13.0. The van der Waals surface area contributed by atoms with Gasteiger partial charge in [-0.1, -0.05) is 0 Å². The van der Waals surface area contributed by atoms with Gasteiger partial charge in [0.05, 0.1) is 3.79 Å². The third-order valence-corrected chi connectivity index (χ3v) is 6.93. The lowest BCUT2D eigenvalue weighted by molar-refractivity contribution is 0.0623. The van der Waals surface area contributed by atoms with Crippen molar-refractivity contribution in [3.63, 3.8) is 0 Å². The third-order valence-electron chi connectivity index (χ3n) is 5.32. The molecule has 1 N–H and O–H groups in total. The second-order valence-corrected chi connectivity index (χ2v) is 9.58. The van der Waals surface area contributed by atoms with Gasteiger partial charge in [-0.05, 0) is 53.4 Å². The van der Waals surface area contributed by atoms with Gasteiger partial charge >= 0.3 is 0 Å². The number of Topliss-reactive ketones (excluding diaryl/α,β-unsaturated/α-hetero) is 1. The molecule has 26 heavy (non-hydrogen) atoms. The number of ketones is 1. The number of fused-ring (bicyclic) bond motifs is 1. The van der Waals surface area contributed by atoms with Crippen molar-refractivity contribution in [3.05, 3.63) is 43.3 Å². The number of rotatable bonds is 3. The number of aryl methyl sites for hydroxylation is 1. The van der Waals surface area contributed by atoms with Crippen LogP contribution >= 0.6 is 27.3 Å². The highest BCUT2D eigenvalue weighted by atomic mass is 79.9. The van der Waals surface area contributed by atoms with Crippen molar-refractivity contribution in [3.8, 4) is 0 Å². The fraction of sp³-hybridized carbons (Fsp3) is 0.474. The highest BCUT2D eigenvalue weighted by Crippen LogP contribution is 2.28. The van der Waals surface area contributed by atoms with Crippen LogP contribution in [0.1, 0.15) is 49.8 Å². The van der Waals surface area contributed by atoms with E-state index in [1.54, 1.807) is 11.3 Å². The first-order chi connectivity index (χ1) is 12.5. The number of amides is 1. The molecule has 5 nitrogen and oxygen atoms in total. The van der Waals surface area contributed by atoms with Gasteiger partial charge in [-0.2, -0.15) is 0 Å². The third kappa shape index (κ3) is 3.40. The van der Waals surface area contributed by atoms with Crippen LogP contribution in [0.2, 0.25) is 0 Å². The average Bonchev–Trinajstić information content (AvgIpc) is 3.19. The number of halogens is 1. The minimum Gasteiger partial charge on any atom is -0.354 e. The summed E-state index contributed by atoms with van der Waals surface area (Å²) in [6.07, 6.45) is 2.33. The van der Waals surface area contributed by atoms with Crippen LogP contribution in [0.4, 0.5) is 0 Å². The zero-order valence-electron chi connectivity index (χ0n) is 14.8. The van der Waals surface area contributed by atoms with E-state index in [1.807, 2.05) is 11.8 Å². The standard InChI is InChI=1S/C19H22BrN3O2S/c1-12-17-14(3-2-4-15(17)24)21-18(12)19(25)23-9-7-22(8-10-23)11-13-5-6-16(20)26-13/h5-6,21H,2-4,7-11H2,1H3. The lowest BCUT2D eigenvalue weighted by Gasteiger charge is -2.34. The number of carbonyl (C=O) groups excluding carboxylic acids is 2. The van der Waals surface area contributed by atoms with Crippen molar-refractivity contribution in [2.45, 2.75) is 32.7 Å². The van der Waals surface area contributed by atoms with Gasteiger partial charge in [-0.15, -0.1) is 11.3 Å². The number of aromatic nitrogens is 1. The molecule has 1 fully saturated rings. The smallest absolute Gasteiger partial charge is 0.270 e. The monoisotopic (exact) mass is 435 g/mol. The van der Waals surface area contributed by atoms with E-state index < -0.39 is 0 Å². The number of H-pyrrole nitrogens is 1. The molecule has 4 rings (SSSR count). The fourth-order valence-electron chi connectivity index (χ4n) is 3.91. The molecule has 2 aromatic heterocycles. The molecule has 138 valence electrons. The second kappa shape index (κ2) is 7.29. The highest BCUT2D eigenvalue weighted by molar-refractivity contribution is 9.11. The molecule has 7 heteroatoms. The van der Waals surface area contributed by atoms with Crippen molar-refractivity contribution in [1.29, 1.82) is 0 Å². The highest BCUT2D eigenvalue weighted by Gasteiger charge is 2.29. The SMILES string of the molecule is Cc1c(C(=O)N2CCN(Cc3ccc(Br)s3)CC2)[nH]c2c1C(=O)CCC2. The van der Waals surface area contributed by atoms with Crippen LogP contribution in [0.5, 0.6) is 0 Å². The van der Waals surface area contributed by atoms with Crippen molar-refractivity contribution < 1.29 is 9.59 Å². The maximum Gasteiger partial charge on any atom is 0.270 e. The Bertz CT molecular complexity index is 849. The van der Waals surface area contributed by atoms with E-state index in [0.717, 1.165) is 66.2 Å². The summed E-state index contributed by atoms with van der Waals surface area (Å²) < 4.78 is 1.15. The van der Waals surface area contributed by atoms with Crippen molar-refractivity contribution in [2.24, 2.45) is 0 Å². The van der Waals surface area contributed by atoms with Gasteiger partial charge in [0.15, 0.2) is 5.78 Å². The van der Waals surface area contributed by atoms with E-state index in [1.165, 1.54) is 4.88 Å². The maximum atomic E-state index is 13.0. The first-order valence-corrected chi connectivity index (χ1v) is 10.6. The van der Waals surface area contributed by atoms with E-state index in [-0.39, 0.29) is 11.7 Å². The second-order valence-electron chi connectivity index (χ2n) is 7.03. The van der Waals surface area contributed by atoms with Gasteiger partial charge in [0, 0.05) is 55.3 Å². The minimum atomic E-state index is 0.0308. The Kier molecular flexibility index (Phi) is 5.03. The molecule has 1 aliphatic heterocycles. The van der Waals surface area contributed by atoms with Crippen molar-refractivity contribution >= 4 is 39.0 Å². The lowest BCUT2D eigenvalue weighted by atomic mass is 9.93. The molecular formula is C19H22BrN3O2S. The van der Waals surface area contributed by atoms with Gasteiger partial charge in [0.25, 0.3) is 5.91 Å². The van der Waals surface area contributed by atoms with Crippen LogP contribution in [-0.4, -0.2) is 52.7 Å². The molecule has 1 saturated heterocycles. The van der Waals surface area contributed by atoms with Crippen molar-refractivity contribution in [2.75, 3.05) is 26.2 Å². The zero-order valence-corrected chi connectivity index (χ0v) is 17.2. The molecular weight excluding hydrogens is 414 g/mol. The summed E-state index contributed by atoms with van der Waals surface area (Å²) in [5.41, 5.74) is 3.16. The molecule has 0 spiro atoms. The predicted octanol–water partition coefficient (Wildman–Crippen LogP) is 3.62. The van der Waals surface area contributed by atoms with Crippen LogP contribution < -0.4 is 0 Å². The van der Waals surface area contributed by atoms with E-state index in [0.29, 0.717) is 12.1 Å². The van der Waals surface area contributed by atoms with Crippen LogP contribution in [0.3, 0.4) is 0 Å². The largest absolute Gasteiger partial charge is 0.354 e. The van der Waals surface area contributed by atoms with Gasteiger partial charge in [-0.25, -0.2) is 0 Å². The molecule has 2 aromatic rings. The number of aromatic amines is 1. The summed E-state index contributed by atoms with van der Waals surface area (Å²) in [6, 6.07) is 4.23. The van der Waals surface area contributed by atoms with Gasteiger partial charge in [0.2, 0.25) is 0 Å². The van der Waals surface area contributed by atoms with Gasteiger partial charge in [0.1, 0.15) is 5.69 Å². The molecule has 0 unspecified atom stereocenters. The summed E-state index contributed by atoms with van der Waals surface area (Å²) in [4.78, 5) is 34.0. The van der Waals surface area contributed by atoms with Crippen molar-refractivity contribution in [1.82, 2.24) is 14.8 Å². The number of carbonyl (C=O) groups is 2. The molecule has 1 amide bonds. The fourth-order valence-corrected chi connectivity index (χ4v) is 5.44. The summed E-state index contributed by atoms with van der Waals surface area (Å²) in [7, 11) is 0. The Morgan fingerprint density at radius 3 is 2.65 bits per heavy atom. The molecule has 0 aromatic carbocycles. The average molecular weight is 436 g/mol. The number of nitrogens with one attached hydrogen (secondary N) is 1. The number of hydrogen-bond donors (Lipinski definition) is 1. The molecule has 2 aliphatic rings. The first kappa shape index (κ1) is 17.9. The van der Waals surface area contributed by atoms with Crippen LogP contribution in [0, 0.1) is 6.92 Å². The molecule has 0 saturated carbocycles. The van der Waals surface area contributed by atoms with E-state index in [9.17, 15) is 9.59 Å². The Hall–Kier alpha value is -1.44.